The third-order valence-electron chi connectivity index (χ3n) is 2.29. The zero-order chi connectivity index (χ0) is 14.0. The Morgan fingerprint density at radius 1 is 1.10 bits per heavy atom. The van der Waals surface area contributed by atoms with Gasteiger partial charge in [-0.05, 0) is 42.5 Å². The van der Waals surface area contributed by atoms with E-state index in [1.165, 1.54) is 12.1 Å². The number of hydrogen-bond donors (Lipinski definition) is 2. The molecule has 0 heterocycles. The second-order valence-electron chi connectivity index (χ2n) is 3.74. The van der Waals surface area contributed by atoms with Crippen molar-refractivity contribution in [2.24, 2.45) is 0 Å². The molecule has 2 aromatic rings. The van der Waals surface area contributed by atoms with Gasteiger partial charge in [-0.2, -0.15) is 8.42 Å². The maximum Gasteiger partial charge on any atom is 0.298 e. The van der Waals surface area contributed by atoms with Crippen LogP contribution in [0.4, 0.5) is 5.69 Å². The largest absolute Gasteiger partial charge is 0.456 e. The summed E-state index contributed by atoms with van der Waals surface area (Å²) in [6, 6.07) is 10.3. The molecule has 0 saturated heterocycles. The van der Waals surface area contributed by atoms with Crippen molar-refractivity contribution in [3.05, 3.63) is 47.5 Å². The van der Waals surface area contributed by atoms with Crippen molar-refractivity contribution in [3.8, 4) is 11.5 Å². The first-order chi connectivity index (χ1) is 8.86. The van der Waals surface area contributed by atoms with Gasteiger partial charge in [-0.25, -0.2) is 0 Å². The maximum absolute atomic E-state index is 11.2. The van der Waals surface area contributed by atoms with Crippen LogP contribution in [0.15, 0.2) is 47.4 Å². The molecule has 2 rings (SSSR count). The van der Waals surface area contributed by atoms with Crippen molar-refractivity contribution in [2.75, 3.05) is 5.73 Å². The predicted molar refractivity (Wildman–Crippen MR) is 77.9 cm³/mol. The van der Waals surface area contributed by atoms with Crippen molar-refractivity contribution in [2.45, 2.75) is 4.90 Å². The van der Waals surface area contributed by atoms with E-state index in [1.807, 2.05) is 0 Å². The molecule has 0 saturated carbocycles. The molecule has 0 aliphatic carbocycles. The third kappa shape index (κ3) is 4.37. The zero-order valence-electron chi connectivity index (χ0n) is 10.6. The zero-order valence-corrected chi connectivity index (χ0v) is 14.1. The van der Waals surface area contributed by atoms with Gasteiger partial charge in [0, 0.05) is 40.3 Å². The Kier molecular flexibility index (Phi) is 5.88. The molecule has 8 heteroatoms. The van der Waals surface area contributed by atoms with Gasteiger partial charge in [0.1, 0.15) is 16.4 Å². The molecule has 1 radical (unpaired) electrons. The predicted octanol–water partition coefficient (Wildman–Crippen LogP) is 2.58. The van der Waals surface area contributed by atoms with Crippen molar-refractivity contribution < 1.29 is 17.7 Å². The molecule has 0 unspecified atom stereocenters. The Balaban J connectivity index is 0.00000200. The normalized spacial score (nSPS) is 10.7. The minimum atomic E-state index is -4.42. The standard InChI is InChI=1S/C12H10ClNO4S.Na/c13-8-1-4-10(5-2-8)18-11-6-3-9(14)7-12(11)19(15,16)17;/h1-7H,14H2,(H,15,16,17);. The molecule has 0 aliphatic heterocycles. The molecular formula is C12H10ClNNaO4S. The smallest absolute Gasteiger partial charge is 0.298 e. The number of benzene rings is 2. The van der Waals surface area contributed by atoms with Crippen LogP contribution in [0.1, 0.15) is 0 Å². The number of nitrogens with two attached hydrogens (primary N) is 1. The van der Waals surface area contributed by atoms with Gasteiger partial charge in [0.15, 0.2) is 0 Å². The number of rotatable bonds is 3. The van der Waals surface area contributed by atoms with Crippen LogP contribution in [0.25, 0.3) is 0 Å². The van der Waals surface area contributed by atoms with Crippen LogP contribution in [-0.4, -0.2) is 42.5 Å². The molecule has 0 amide bonds. The van der Waals surface area contributed by atoms with Crippen molar-refractivity contribution in [1.29, 1.82) is 0 Å². The molecule has 2 aromatic carbocycles. The van der Waals surface area contributed by atoms with Crippen molar-refractivity contribution in [1.82, 2.24) is 0 Å². The average Bonchev–Trinajstić information content (AvgIpc) is 2.33. The average molecular weight is 323 g/mol. The quantitative estimate of drug-likeness (QED) is 0.515. The molecule has 101 valence electrons. The topological polar surface area (TPSA) is 89.6 Å². The maximum atomic E-state index is 11.2. The van der Waals surface area contributed by atoms with Crippen LogP contribution in [0, 0.1) is 0 Å². The summed E-state index contributed by atoms with van der Waals surface area (Å²) in [5.74, 6) is 0.373. The third-order valence-corrected chi connectivity index (χ3v) is 3.41. The molecule has 0 bridgehead atoms. The Hall–Kier alpha value is -0.760. The summed E-state index contributed by atoms with van der Waals surface area (Å²) < 4.78 is 37.0. The summed E-state index contributed by atoms with van der Waals surface area (Å²) in [6.07, 6.45) is 0. The molecule has 0 atom stereocenters. The number of anilines is 1. The van der Waals surface area contributed by atoms with E-state index in [1.54, 1.807) is 24.3 Å². The van der Waals surface area contributed by atoms with Crippen LogP contribution in [0.5, 0.6) is 11.5 Å². The Morgan fingerprint density at radius 3 is 2.25 bits per heavy atom. The monoisotopic (exact) mass is 322 g/mol. The van der Waals surface area contributed by atoms with Gasteiger partial charge in [0.05, 0.1) is 0 Å². The summed E-state index contributed by atoms with van der Waals surface area (Å²) >= 11 is 5.73. The van der Waals surface area contributed by atoms with Crippen LogP contribution in [-0.2, 0) is 10.1 Å². The fraction of sp³-hybridized carbons (Fsp3) is 0. The van der Waals surface area contributed by atoms with E-state index in [-0.39, 0.29) is 45.9 Å². The van der Waals surface area contributed by atoms with Crippen molar-refractivity contribution >= 4 is 57.0 Å². The van der Waals surface area contributed by atoms with Crippen molar-refractivity contribution in [3.63, 3.8) is 0 Å². The second kappa shape index (κ2) is 6.80. The minimum absolute atomic E-state index is 0. The van der Waals surface area contributed by atoms with Gasteiger partial charge in [-0.1, -0.05) is 11.6 Å². The van der Waals surface area contributed by atoms with Crippen LogP contribution in [0.2, 0.25) is 5.02 Å². The summed E-state index contributed by atoms with van der Waals surface area (Å²) in [7, 11) is -4.42. The minimum Gasteiger partial charge on any atom is -0.456 e. The van der Waals surface area contributed by atoms with E-state index in [0.29, 0.717) is 10.8 Å². The first-order valence-electron chi connectivity index (χ1n) is 5.17. The molecule has 0 aliphatic rings. The first kappa shape index (κ1) is 17.3. The van der Waals surface area contributed by atoms with Crippen LogP contribution < -0.4 is 10.5 Å². The van der Waals surface area contributed by atoms with Crippen LogP contribution >= 0.6 is 11.6 Å². The van der Waals surface area contributed by atoms with Gasteiger partial charge in [0.2, 0.25) is 0 Å². The van der Waals surface area contributed by atoms with Gasteiger partial charge in [-0.3, -0.25) is 4.55 Å². The molecule has 0 spiro atoms. The molecule has 5 nitrogen and oxygen atoms in total. The van der Waals surface area contributed by atoms with E-state index in [0.717, 1.165) is 6.07 Å². The molecule has 20 heavy (non-hydrogen) atoms. The first-order valence-corrected chi connectivity index (χ1v) is 6.98. The molecule has 0 fully saturated rings. The second-order valence-corrected chi connectivity index (χ2v) is 5.56. The number of halogens is 1. The fourth-order valence-electron chi connectivity index (χ4n) is 1.44. The SMILES string of the molecule is Nc1ccc(Oc2ccc(Cl)cc2)c(S(=O)(=O)O)c1.[Na]. The Bertz CT molecular complexity index is 704. The number of ether oxygens (including phenoxy) is 1. The number of hydrogen-bond acceptors (Lipinski definition) is 4. The number of nitrogen functional groups attached to an aromatic ring is 1. The van der Waals surface area contributed by atoms with Gasteiger partial charge in [-0.15, -0.1) is 0 Å². The van der Waals surface area contributed by atoms with E-state index >= 15 is 0 Å². The summed E-state index contributed by atoms with van der Waals surface area (Å²) in [5, 5.41) is 0.527. The molecule has 3 N–H and O–H groups in total. The van der Waals surface area contributed by atoms with Gasteiger partial charge < -0.3 is 10.5 Å². The van der Waals surface area contributed by atoms with Gasteiger partial charge in [0.25, 0.3) is 10.1 Å². The summed E-state index contributed by atoms with van der Waals surface area (Å²) in [6.45, 7) is 0. The summed E-state index contributed by atoms with van der Waals surface area (Å²) in [4.78, 5) is -0.387. The fourth-order valence-corrected chi connectivity index (χ4v) is 2.22. The van der Waals surface area contributed by atoms with E-state index < -0.39 is 10.1 Å². The molecule has 0 aromatic heterocycles. The van der Waals surface area contributed by atoms with E-state index in [9.17, 15) is 8.42 Å². The van der Waals surface area contributed by atoms with E-state index in [4.69, 9.17) is 26.6 Å². The summed E-state index contributed by atoms with van der Waals surface area (Å²) in [5.41, 5.74) is 5.69. The Morgan fingerprint density at radius 2 is 1.70 bits per heavy atom. The van der Waals surface area contributed by atoms with Gasteiger partial charge >= 0.3 is 0 Å². The van der Waals surface area contributed by atoms with Crippen LogP contribution in [0.3, 0.4) is 0 Å². The Labute approximate surface area is 143 Å². The molecular weight excluding hydrogens is 313 g/mol. The van der Waals surface area contributed by atoms with E-state index in [2.05, 4.69) is 0 Å².